The van der Waals surface area contributed by atoms with Crippen LogP contribution in [0.25, 0.3) is 0 Å². The van der Waals surface area contributed by atoms with Crippen LogP contribution in [0.1, 0.15) is 25.5 Å². The summed E-state index contributed by atoms with van der Waals surface area (Å²) in [6.45, 7) is 6.46. The number of nitrogens with zero attached hydrogens (tertiary/aromatic N) is 1. The summed E-state index contributed by atoms with van der Waals surface area (Å²) in [5.74, 6) is 0.301. The van der Waals surface area contributed by atoms with Gasteiger partial charge >= 0.3 is 0 Å². The van der Waals surface area contributed by atoms with E-state index in [2.05, 4.69) is 18.7 Å². The molecule has 0 saturated carbocycles. The lowest BCUT2D eigenvalue weighted by Crippen LogP contribution is -2.40. The number of hydrogen-bond acceptors (Lipinski definition) is 4. The molecule has 0 aliphatic carbocycles. The number of ether oxygens (including phenoxy) is 2. The third kappa shape index (κ3) is 4.82. The van der Waals surface area contributed by atoms with Crippen LogP contribution in [-0.4, -0.2) is 50.0 Å². The van der Waals surface area contributed by atoms with E-state index in [-0.39, 0.29) is 12.1 Å². The minimum atomic E-state index is 0.201. The Bertz CT molecular complexity index is 370. The zero-order chi connectivity index (χ0) is 14.3. The van der Waals surface area contributed by atoms with E-state index >= 15 is 0 Å². The Morgan fingerprint density at radius 2 is 1.95 bits per heavy atom. The van der Waals surface area contributed by atoms with Crippen molar-refractivity contribution in [3.63, 3.8) is 0 Å². The summed E-state index contributed by atoms with van der Waals surface area (Å²) in [7, 11) is 3.42. The van der Waals surface area contributed by atoms with Gasteiger partial charge in [-0.05, 0) is 31.5 Å². The molecule has 0 amide bonds. The summed E-state index contributed by atoms with van der Waals surface area (Å²) < 4.78 is 10.4. The zero-order valence-corrected chi connectivity index (χ0v) is 12.3. The highest BCUT2D eigenvalue weighted by molar-refractivity contribution is 5.29. The van der Waals surface area contributed by atoms with Crippen LogP contribution in [0.5, 0.6) is 5.75 Å². The maximum atomic E-state index is 9.59. The first-order chi connectivity index (χ1) is 9.10. The van der Waals surface area contributed by atoms with Gasteiger partial charge in [0.1, 0.15) is 5.75 Å². The molecule has 0 aliphatic heterocycles. The number of methoxy groups -OCH3 is 2. The van der Waals surface area contributed by atoms with Gasteiger partial charge < -0.3 is 14.6 Å². The van der Waals surface area contributed by atoms with Crippen LogP contribution in [0.3, 0.4) is 0 Å². The summed E-state index contributed by atoms with van der Waals surface area (Å²) in [6, 6.07) is 7.89. The molecule has 0 aliphatic rings. The molecule has 1 aromatic rings. The highest BCUT2D eigenvalue weighted by Crippen LogP contribution is 2.25. The molecule has 19 heavy (non-hydrogen) atoms. The van der Waals surface area contributed by atoms with Crippen molar-refractivity contribution in [3.8, 4) is 5.75 Å². The first-order valence-corrected chi connectivity index (χ1v) is 6.62. The van der Waals surface area contributed by atoms with Crippen LogP contribution in [0.2, 0.25) is 0 Å². The predicted molar refractivity (Wildman–Crippen MR) is 76.4 cm³/mol. The lowest BCUT2D eigenvalue weighted by atomic mass is 10.0. The molecule has 0 saturated heterocycles. The summed E-state index contributed by atoms with van der Waals surface area (Å²) in [5.41, 5.74) is 1.10. The minimum absolute atomic E-state index is 0.201. The van der Waals surface area contributed by atoms with Crippen molar-refractivity contribution in [2.45, 2.75) is 25.9 Å². The van der Waals surface area contributed by atoms with E-state index in [0.29, 0.717) is 19.0 Å². The van der Waals surface area contributed by atoms with Gasteiger partial charge in [-0.15, -0.1) is 0 Å². The highest BCUT2D eigenvalue weighted by Gasteiger charge is 2.21. The van der Waals surface area contributed by atoms with Crippen molar-refractivity contribution in [1.29, 1.82) is 0 Å². The minimum Gasteiger partial charge on any atom is -0.508 e. The molecule has 0 fully saturated rings. The Balaban J connectivity index is 2.83. The van der Waals surface area contributed by atoms with Crippen LogP contribution in [-0.2, 0) is 9.47 Å². The maximum Gasteiger partial charge on any atom is 0.115 e. The second-order valence-electron chi connectivity index (χ2n) is 4.81. The first kappa shape index (κ1) is 16.0. The van der Waals surface area contributed by atoms with Gasteiger partial charge in [0.25, 0.3) is 0 Å². The Labute approximate surface area is 115 Å². The van der Waals surface area contributed by atoms with Gasteiger partial charge in [-0.25, -0.2) is 0 Å². The molecule has 4 nitrogen and oxygen atoms in total. The first-order valence-electron chi connectivity index (χ1n) is 6.62. The zero-order valence-electron chi connectivity index (χ0n) is 12.3. The van der Waals surface area contributed by atoms with Gasteiger partial charge in [-0.2, -0.15) is 0 Å². The lowest BCUT2D eigenvalue weighted by molar-refractivity contribution is 0.0514. The third-order valence-corrected chi connectivity index (χ3v) is 3.38. The lowest BCUT2D eigenvalue weighted by Gasteiger charge is -2.34. The Hall–Kier alpha value is -1.10. The van der Waals surface area contributed by atoms with Crippen molar-refractivity contribution in [3.05, 3.63) is 29.8 Å². The van der Waals surface area contributed by atoms with Gasteiger partial charge in [0.2, 0.25) is 0 Å². The Morgan fingerprint density at radius 1 is 1.21 bits per heavy atom. The number of aromatic hydroxyl groups is 1. The fraction of sp³-hybridized carbons (Fsp3) is 0.600. The molecular weight excluding hydrogens is 242 g/mol. The Kier molecular flexibility index (Phi) is 6.84. The third-order valence-electron chi connectivity index (χ3n) is 3.38. The van der Waals surface area contributed by atoms with Crippen molar-refractivity contribution in [1.82, 2.24) is 4.90 Å². The number of benzene rings is 1. The molecule has 0 spiro atoms. The molecule has 1 aromatic carbocycles. The second-order valence-corrected chi connectivity index (χ2v) is 4.81. The van der Waals surface area contributed by atoms with E-state index in [1.165, 1.54) is 0 Å². The number of phenolic OH excluding ortho intramolecular Hbond substituents is 1. The fourth-order valence-electron chi connectivity index (χ4n) is 2.31. The van der Waals surface area contributed by atoms with Crippen LogP contribution in [0.4, 0.5) is 0 Å². The molecule has 0 heterocycles. The van der Waals surface area contributed by atoms with E-state index in [9.17, 15) is 5.11 Å². The van der Waals surface area contributed by atoms with E-state index in [1.54, 1.807) is 20.3 Å². The van der Waals surface area contributed by atoms with Gasteiger partial charge in [-0.3, -0.25) is 4.90 Å². The molecule has 4 heteroatoms. The predicted octanol–water partition coefficient (Wildman–Crippen LogP) is 2.44. The summed E-state index contributed by atoms with van der Waals surface area (Å²) in [6.07, 6.45) is 0. The fourth-order valence-corrected chi connectivity index (χ4v) is 2.31. The average molecular weight is 267 g/mol. The maximum absolute atomic E-state index is 9.59. The molecule has 2 atom stereocenters. The smallest absolute Gasteiger partial charge is 0.115 e. The normalized spacial score (nSPS) is 14.6. The standard InChI is InChI=1S/C15H25NO3/c1-12(11-19-4)16(8-9-18-3)13(2)14-6-5-7-15(17)10-14/h5-7,10,12-13,17H,8-9,11H2,1-4H3. The largest absolute Gasteiger partial charge is 0.508 e. The van der Waals surface area contributed by atoms with Crippen LogP contribution in [0.15, 0.2) is 24.3 Å². The Morgan fingerprint density at radius 3 is 2.53 bits per heavy atom. The van der Waals surface area contributed by atoms with Crippen molar-refractivity contribution >= 4 is 0 Å². The molecule has 1 rings (SSSR count). The highest BCUT2D eigenvalue weighted by atomic mass is 16.5. The second kappa shape index (κ2) is 8.15. The molecule has 1 N–H and O–H groups in total. The van der Waals surface area contributed by atoms with Crippen molar-refractivity contribution in [2.24, 2.45) is 0 Å². The number of hydrogen-bond donors (Lipinski definition) is 1. The average Bonchev–Trinajstić information content (AvgIpc) is 2.39. The van der Waals surface area contributed by atoms with Gasteiger partial charge in [0.05, 0.1) is 13.2 Å². The van der Waals surface area contributed by atoms with Gasteiger partial charge in [0, 0.05) is 32.8 Å². The van der Waals surface area contributed by atoms with Crippen LogP contribution in [0, 0.1) is 0 Å². The molecule has 2 unspecified atom stereocenters. The van der Waals surface area contributed by atoms with Crippen molar-refractivity contribution < 1.29 is 14.6 Å². The van der Waals surface area contributed by atoms with Gasteiger partial charge in [-0.1, -0.05) is 12.1 Å². The van der Waals surface area contributed by atoms with Crippen molar-refractivity contribution in [2.75, 3.05) is 34.0 Å². The summed E-state index contributed by atoms with van der Waals surface area (Å²) in [4.78, 5) is 2.32. The summed E-state index contributed by atoms with van der Waals surface area (Å²) >= 11 is 0. The SMILES string of the molecule is COCCN(C(C)COC)C(C)c1cccc(O)c1. The van der Waals surface area contributed by atoms with E-state index in [1.807, 2.05) is 18.2 Å². The van der Waals surface area contributed by atoms with Crippen LogP contribution >= 0.6 is 0 Å². The molecular formula is C15H25NO3. The molecule has 108 valence electrons. The van der Waals surface area contributed by atoms with E-state index < -0.39 is 0 Å². The number of phenols is 1. The van der Waals surface area contributed by atoms with Gasteiger partial charge in [0.15, 0.2) is 0 Å². The molecule has 0 radical (unpaired) electrons. The molecule has 0 bridgehead atoms. The topological polar surface area (TPSA) is 41.9 Å². The van der Waals surface area contributed by atoms with E-state index in [0.717, 1.165) is 12.1 Å². The quantitative estimate of drug-likeness (QED) is 0.785. The summed E-state index contributed by atoms with van der Waals surface area (Å²) in [5, 5.41) is 9.59. The molecule has 0 aromatic heterocycles. The van der Waals surface area contributed by atoms with Crippen LogP contribution < -0.4 is 0 Å². The monoisotopic (exact) mass is 267 g/mol. The van der Waals surface area contributed by atoms with E-state index in [4.69, 9.17) is 9.47 Å². The number of rotatable bonds is 8.